The van der Waals surface area contributed by atoms with Crippen molar-refractivity contribution in [3.63, 3.8) is 0 Å². The van der Waals surface area contributed by atoms with Gasteiger partial charge >= 0.3 is 0 Å². The quantitative estimate of drug-likeness (QED) is 0.844. The van der Waals surface area contributed by atoms with Crippen LogP contribution in [0.5, 0.6) is 11.5 Å². The zero-order chi connectivity index (χ0) is 12.8. The Balaban J connectivity index is 2.15. The molecule has 2 aliphatic rings. The standard InChI is InChI=1S/C15H21NO2/c1-18-13-9-12(15(16)7-4-8-15)14(17)11-6-3-2-5-10(11)13/h9,17H,2-8,16H2,1H3. The largest absolute Gasteiger partial charge is 0.507 e. The molecule has 1 aromatic carbocycles. The minimum atomic E-state index is -0.330. The van der Waals surface area contributed by atoms with Crippen LogP contribution in [0.1, 0.15) is 48.8 Å². The van der Waals surface area contributed by atoms with Gasteiger partial charge in [-0.2, -0.15) is 0 Å². The minimum Gasteiger partial charge on any atom is -0.507 e. The lowest BCUT2D eigenvalue weighted by Crippen LogP contribution is -2.43. The average Bonchev–Trinajstić information content (AvgIpc) is 2.37. The molecule has 1 fully saturated rings. The maximum Gasteiger partial charge on any atom is 0.124 e. The lowest BCUT2D eigenvalue weighted by atomic mass is 9.71. The van der Waals surface area contributed by atoms with E-state index >= 15 is 0 Å². The number of nitrogens with two attached hydrogens (primary N) is 1. The van der Waals surface area contributed by atoms with Crippen molar-refractivity contribution >= 4 is 0 Å². The summed E-state index contributed by atoms with van der Waals surface area (Å²) in [6, 6.07) is 1.97. The van der Waals surface area contributed by atoms with E-state index in [1.54, 1.807) is 7.11 Å². The zero-order valence-corrected chi connectivity index (χ0v) is 11.0. The van der Waals surface area contributed by atoms with Gasteiger partial charge in [0, 0.05) is 22.2 Å². The third-order valence-corrected chi connectivity index (χ3v) is 4.58. The SMILES string of the molecule is COc1cc(C2(N)CCC2)c(O)c2c1CCCC2. The van der Waals surface area contributed by atoms with Crippen molar-refractivity contribution in [1.82, 2.24) is 0 Å². The topological polar surface area (TPSA) is 55.5 Å². The first-order valence-electron chi connectivity index (χ1n) is 6.87. The normalized spacial score (nSPS) is 21.0. The molecule has 1 aromatic rings. The van der Waals surface area contributed by atoms with E-state index in [0.717, 1.165) is 55.4 Å². The monoisotopic (exact) mass is 247 g/mol. The molecule has 0 heterocycles. The molecule has 0 aromatic heterocycles. The van der Waals surface area contributed by atoms with Gasteiger partial charge in [-0.05, 0) is 51.0 Å². The maximum absolute atomic E-state index is 10.5. The van der Waals surface area contributed by atoms with Gasteiger partial charge in [0.25, 0.3) is 0 Å². The number of benzene rings is 1. The molecule has 3 rings (SSSR count). The van der Waals surface area contributed by atoms with Crippen molar-refractivity contribution in [1.29, 1.82) is 0 Å². The third-order valence-electron chi connectivity index (χ3n) is 4.58. The molecule has 18 heavy (non-hydrogen) atoms. The first-order valence-corrected chi connectivity index (χ1v) is 6.87. The van der Waals surface area contributed by atoms with Gasteiger partial charge in [-0.25, -0.2) is 0 Å². The second-order valence-electron chi connectivity index (χ2n) is 5.65. The fraction of sp³-hybridized carbons (Fsp3) is 0.600. The number of phenols is 1. The summed E-state index contributed by atoms with van der Waals surface area (Å²) in [5, 5.41) is 10.5. The number of ether oxygens (including phenoxy) is 1. The summed E-state index contributed by atoms with van der Waals surface area (Å²) < 4.78 is 5.51. The number of hydrogen-bond donors (Lipinski definition) is 2. The van der Waals surface area contributed by atoms with Gasteiger partial charge < -0.3 is 15.6 Å². The van der Waals surface area contributed by atoms with Gasteiger partial charge in [0.1, 0.15) is 11.5 Å². The van der Waals surface area contributed by atoms with Crippen LogP contribution in [-0.2, 0) is 18.4 Å². The predicted octanol–water partition coefficient (Wildman–Crippen LogP) is 2.62. The Morgan fingerprint density at radius 3 is 2.39 bits per heavy atom. The smallest absolute Gasteiger partial charge is 0.124 e. The summed E-state index contributed by atoms with van der Waals surface area (Å²) >= 11 is 0. The van der Waals surface area contributed by atoms with Gasteiger partial charge in [-0.1, -0.05) is 0 Å². The molecule has 1 saturated carbocycles. The van der Waals surface area contributed by atoms with E-state index in [4.69, 9.17) is 10.5 Å². The van der Waals surface area contributed by atoms with Crippen LogP contribution in [0.4, 0.5) is 0 Å². The number of aromatic hydroxyl groups is 1. The Bertz CT molecular complexity index is 478. The molecule has 0 saturated heterocycles. The van der Waals surface area contributed by atoms with Crippen LogP contribution in [0.15, 0.2) is 6.07 Å². The first-order chi connectivity index (χ1) is 8.65. The Morgan fingerprint density at radius 2 is 1.83 bits per heavy atom. The van der Waals surface area contributed by atoms with Gasteiger partial charge in [0.05, 0.1) is 7.11 Å². The second-order valence-corrected chi connectivity index (χ2v) is 5.65. The van der Waals surface area contributed by atoms with Crippen molar-refractivity contribution in [2.75, 3.05) is 7.11 Å². The molecule has 0 amide bonds. The lowest BCUT2D eigenvalue weighted by Gasteiger charge is -2.40. The van der Waals surface area contributed by atoms with Crippen LogP contribution >= 0.6 is 0 Å². The minimum absolute atomic E-state index is 0.330. The highest BCUT2D eigenvalue weighted by Gasteiger charge is 2.38. The number of phenolic OH excluding ortho intramolecular Hbond substituents is 1. The Morgan fingerprint density at radius 1 is 1.17 bits per heavy atom. The number of rotatable bonds is 2. The fourth-order valence-corrected chi connectivity index (χ4v) is 3.28. The van der Waals surface area contributed by atoms with Crippen LogP contribution in [0.3, 0.4) is 0 Å². The summed E-state index contributed by atoms with van der Waals surface area (Å²) in [6.07, 6.45) is 7.34. The molecule has 2 aliphatic carbocycles. The van der Waals surface area contributed by atoms with E-state index < -0.39 is 0 Å². The van der Waals surface area contributed by atoms with Crippen LogP contribution in [0.25, 0.3) is 0 Å². The van der Waals surface area contributed by atoms with E-state index in [0.29, 0.717) is 5.75 Å². The highest BCUT2D eigenvalue weighted by atomic mass is 16.5. The zero-order valence-electron chi connectivity index (χ0n) is 11.0. The Labute approximate surface area is 108 Å². The summed E-state index contributed by atoms with van der Waals surface area (Å²) in [5.74, 6) is 1.35. The molecule has 3 nitrogen and oxygen atoms in total. The molecule has 98 valence electrons. The van der Waals surface area contributed by atoms with Crippen LogP contribution in [0, 0.1) is 0 Å². The first kappa shape index (κ1) is 11.8. The molecule has 0 aliphatic heterocycles. The number of fused-ring (bicyclic) bond motifs is 1. The lowest BCUT2D eigenvalue weighted by molar-refractivity contribution is 0.243. The van der Waals surface area contributed by atoms with E-state index in [1.807, 2.05) is 6.07 Å². The molecule has 0 unspecified atom stereocenters. The van der Waals surface area contributed by atoms with Crippen LogP contribution in [0.2, 0.25) is 0 Å². The van der Waals surface area contributed by atoms with E-state index in [-0.39, 0.29) is 5.54 Å². The number of hydrogen-bond acceptors (Lipinski definition) is 3. The molecular formula is C15H21NO2. The van der Waals surface area contributed by atoms with Crippen LogP contribution < -0.4 is 10.5 Å². The molecule has 3 heteroatoms. The van der Waals surface area contributed by atoms with Gasteiger partial charge in [0.2, 0.25) is 0 Å². The summed E-state index contributed by atoms with van der Waals surface area (Å²) in [7, 11) is 1.70. The number of methoxy groups -OCH3 is 1. The van der Waals surface area contributed by atoms with Crippen molar-refractivity contribution in [3.05, 3.63) is 22.8 Å². The Hall–Kier alpha value is -1.22. The van der Waals surface area contributed by atoms with E-state index in [2.05, 4.69) is 0 Å². The van der Waals surface area contributed by atoms with Crippen molar-refractivity contribution in [3.8, 4) is 11.5 Å². The molecule has 0 bridgehead atoms. The van der Waals surface area contributed by atoms with Crippen molar-refractivity contribution in [2.24, 2.45) is 5.73 Å². The second kappa shape index (κ2) is 4.16. The third kappa shape index (κ3) is 1.61. The Kier molecular flexibility index (Phi) is 2.74. The molecule has 0 radical (unpaired) electrons. The average molecular weight is 247 g/mol. The van der Waals surface area contributed by atoms with Gasteiger partial charge in [-0.15, -0.1) is 0 Å². The van der Waals surface area contributed by atoms with Crippen LogP contribution in [-0.4, -0.2) is 12.2 Å². The highest BCUT2D eigenvalue weighted by Crippen LogP contribution is 2.47. The van der Waals surface area contributed by atoms with Crippen molar-refractivity contribution < 1.29 is 9.84 Å². The summed E-state index contributed by atoms with van der Waals surface area (Å²) in [4.78, 5) is 0. The highest BCUT2D eigenvalue weighted by molar-refractivity contribution is 5.56. The summed E-state index contributed by atoms with van der Waals surface area (Å²) in [6.45, 7) is 0. The molecular weight excluding hydrogens is 226 g/mol. The van der Waals surface area contributed by atoms with E-state index in [9.17, 15) is 5.11 Å². The van der Waals surface area contributed by atoms with Crippen molar-refractivity contribution in [2.45, 2.75) is 50.5 Å². The fourth-order valence-electron chi connectivity index (χ4n) is 3.28. The molecule has 3 N–H and O–H groups in total. The predicted molar refractivity (Wildman–Crippen MR) is 71.0 cm³/mol. The molecule has 0 spiro atoms. The maximum atomic E-state index is 10.5. The van der Waals surface area contributed by atoms with Gasteiger partial charge in [-0.3, -0.25) is 0 Å². The summed E-state index contributed by atoms with van der Waals surface area (Å²) in [5.41, 5.74) is 9.20. The van der Waals surface area contributed by atoms with E-state index in [1.165, 1.54) is 12.0 Å². The van der Waals surface area contributed by atoms with Gasteiger partial charge in [0.15, 0.2) is 0 Å². The molecule has 0 atom stereocenters.